The first-order valence-electron chi connectivity index (χ1n) is 9.25. The molecule has 2 amide bonds. The lowest BCUT2D eigenvalue weighted by molar-refractivity contribution is 0.0515. The van der Waals surface area contributed by atoms with Crippen LogP contribution in [0.15, 0.2) is 0 Å². The molecule has 1 aliphatic carbocycles. The molecule has 0 aromatic heterocycles. The van der Waals surface area contributed by atoms with Crippen LogP contribution in [0.4, 0.5) is 4.79 Å². The fraction of sp³-hybridized carbons (Fsp3) is 0.944. The summed E-state index contributed by atoms with van der Waals surface area (Å²) in [6.07, 6.45) is 10.7. The summed E-state index contributed by atoms with van der Waals surface area (Å²) in [6, 6.07) is 0.352. The molecule has 22 heavy (non-hydrogen) atoms. The fourth-order valence-electron chi connectivity index (χ4n) is 3.97. The van der Waals surface area contributed by atoms with Gasteiger partial charge in [0, 0.05) is 25.7 Å². The molecule has 2 N–H and O–H groups in total. The molecule has 0 spiro atoms. The number of nitrogens with one attached hydrogen (secondary N) is 1. The van der Waals surface area contributed by atoms with Crippen LogP contribution in [0.2, 0.25) is 0 Å². The molecule has 1 unspecified atom stereocenters. The number of aliphatic hydroxyl groups excluding tert-OH is 1. The first-order chi connectivity index (χ1) is 10.6. The summed E-state index contributed by atoms with van der Waals surface area (Å²) in [5, 5.41) is 12.7. The second kappa shape index (κ2) is 8.19. The van der Waals surface area contributed by atoms with E-state index in [9.17, 15) is 9.90 Å². The molecule has 1 atom stereocenters. The van der Waals surface area contributed by atoms with Gasteiger partial charge in [0.15, 0.2) is 0 Å². The third-order valence-electron chi connectivity index (χ3n) is 6.05. The number of carbonyl (C=O) groups excluding carboxylic acids is 1. The average Bonchev–Trinajstić information content (AvgIpc) is 3.06. The van der Waals surface area contributed by atoms with Gasteiger partial charge in [0.1, 0.15) is 0 Å². The molecule has 4 heteroatoms. The van der Waals surface area contributed by atoms with Crippen LogP contribution in [0, 0.1) is 11.3 Å². The van der Waals surface area contributed by atoms with Crippen LogP contribution in [-0.4, -0.2) is 41.8 Å². The Morgan fingerprint density at radius 3 is 2.50 bits per heavy atom. The number of aliphatic hydroxyl groups is 1. The molecule has 1 aliphatic heterocycles. The standard InChI is InChI=1S/C18H34N2O2/c1-3-18(14-21)10-12-20(13-11-18)17(22)19-15(2)8-9-16-6-4-5-7-16/h15-16,21H,3-14H2,1-2H3,(H,19,22). The van der Waals surface area contributed by atoms with Gasteiger partial charge in [0.05, 0.1) is 0 Å². The Labute approximate surface area is 135 Å². The number of likely N-dealkylation sites (tertiary alicyclic amines) is 1. The van der Waals surface area contributed by atoms with E-state index in [0.29, 0.717) is 0 Å². The monoisotopic (exact) mass is 310 g/mol. The highest BCUT2D eigenvalue weighted by atomic mass is 16.3. The highest BCUT2D eigenvalue weighted by Gasteiger charge is 2.34. The summed E-state index contributed by atoms with van der Waals surface area (Å²) < 4.78 is 0. The van der Waals surface area contributed by atoms with E-state index >= 15 is 0 Å². The van der Waals surface area contributed by atoms with E-state index in [2.05, 4.69) is 19.2 Å². The summed E-state index contributed by atoms with van der Waals surface area (Å²) in [5.74, 6) is 0.893. The van der Waals surface area contributed by atoms with Crippen molar-refractivity contribution in [1.82, 2.24) is 10.2 Å². The molecule has 2 aliphatic rings. The topological polar surface area (TPSA) is 52.6 Å². The van der Waals surface area contributed by atoms with E-state index in [1.54, 1.807) is 0 Å². The second-order valence-corrected chi connectivity index (χ2v) is 7.58. The van der Waals surface area contributed by atoms with Gasteiger partial charge in [0.2, 0.25) is 0 Å². The van der Waals surface area contributed by atoms with Crippen LogP contribution >= 0.6 is 0 Å². The van der Waals surface area contributed by atoms with Gasteiger partial charge >= 0.3 is 6.03 Å². The van der Waals surface area contributed by atoms with Gasteiger partial charge in [-0.25, -0.2) is 4.79 Å². The zero-order chi connectivity index (χ0) is 16.0. The smallest absolute Gasteiger partial charge is 0.317 e. The highest BCUT2D eigenvalue weighted by molar-refractivity contribution is 5.74. The van der Waals surface area contributed by atoms with Gasteiger partial charge in [-0.2, -0.15) is 0 Å². The summed E-state index contributed by atoms with van der Waals surface area (Å²) >= 11 is 0. The van der Waals surface area contributed by atoms with E-state index < -0.39 is 0 Å². The van der Waals surface area contributed by atoms with Crippen molar-refractivity contribution in [3.63, 3.8) is 0 Å². The highest BCUT2D eigenvalue weighted by Crippen LogP contribution is 2.34. The Hall–Kier alpha value is -0.770. The number of hydrogen-bond acceptors (Lipinski definition) is 2. The van der Waals surface area contributed by atoms with Gasteiger partial charge in [-0.1, -0.05) is 32.6 Å². The van der Waals surface area contributed by atoms with E-state index in [-0.39, 0.29) is 24.1 Å². The maximum Gasteiger partial charge on any atom is 0.317 e. The number of hydrogen-bond donors (Lipinski definition) is 2. The first kappa shape index (κ1) is 17.6. The SMILES string of the molecule is CCC1(CO)CCN(C(=O)NC(C)CCC2CCCC2)CC1. The van der Waals surface area contributed by atoms with Crippen molar-refractivity contribution < 1.29 is 9.90 Å². The second-order valence-electron chi connectivity index (χ2n) is 7.58. The van der Waals surface area contributed by atoms with Crippen LogP contribution < -0.4 is 5.32 Å². The van der Waals surface area contributed by atoms with Crippen LogP contribution in [0.1, 0.15) is 71.6 Å². The lowest BCUT2D eigenvalue weighted by Gasteiger charge is -2.40. The summed E-state index contributed by atoms with van der Waals surface area (Å²) in [5.41, 5.74) is 0.0465. The minimum atomic E-state index is 0.0465. The zero-order valence-corrected chi connectivity index (χ0v) is 14.4. The fourth-order valence-corrected chi connectivity index (χ4v) is 3.97. The van der Waals surface area contributed by atoms with Gasteiger partial charge < -0.3 is 15.3 Å². The van der Waals surface area contributed by atoms with Crippen molar-refractivity contribution in [2.75, 3.05) is 19.7 Å². The summed E-state index contributed by atoms with van der Waals surface area (Å²) in [6.45, 7) is 6.06. The predicted molar refractivity (Wildman–Crippen MR) is 89.8 cm³/mol. The maximum atomic E-state index is 12.3. The average molecular weight is 310 g/mol. The summed E-state index contributed by atoms with van der Waals surface area (Å²) in [7, 11) is 0. The van der Waals surface area contributed by atoms with Crippen molar-refractivity contribution in [3.8, 4) is 0 Å². The lowest BCUT2D eigenvalue weighted by atomic mass is 9.77. The van der Waals surface area contributed by atoms with Crippen molar-refractivity contribution in [3.05, 3.63) is 0 Å². The normalized spacial score (nSPS) is 23.5. The van der Waals surface area contributed by atoms with Crippen LogP contribution in [0.3, 0.4) is 0 Å². The Bertz CT molecular complexity index is 339. The number of piperidine rings is 1. The van der Waals surface area contributed by atoms with E-state index in [1.165, 1.54) is 32.1 Å². The molecule has 1 heterocycles. The number of nitrogens with zero attached hydrogens (tertiary/aromatic N) is 1. The first-order valence-corrected chi connectivity index (χ1v) is 9.25. The Morgan fingerprint density at radius 2 is 1.95 bits per heavy atom. The van der Waals surface area contributed by atoms with Gasteiger partial charge in [-0.3, -0.25) is 0 Å². The molecule has 0 aromatic carbocycles. The Morgan fingerprint density at radius 1 is 1.32 bits per heavy atom. The number of carbonyl (C=O) groups is 1. The molecular formula is C18H34N2O2. The van der Waals surface area contributed by atoms with Crippen LogP contribution in [0.5, 0.6) is 0 Å². The van der Waals surface area contributed by atoms with Crippen LogP contribution in [-0.2, 0) is 0 Å². The van der Waals surface area contributed by atoms with Crippen molar-refractivity contribution in [2.45, 2.75) is 77.7 Å². The van der Waals surface area contributed by atoms with Crippen molar-refractivity contribution in [2.24, 2.45) is 11.3 Å². The third kappa shape index (κ3) is 4.61. The van der Waals surface area contributed by atoms with E-state index in [4.69, 9.17) is 0 Å². The largest absolute Gasteiger partial charge is 0.396 e. The molecule has 2 fully saturated rings. The third-order valence-corrected chi connectivity index (χ3v) is 6.05. The number of rotatable bonds is 6. The molecule has 1 saturated carbocycles. The Kier molecular flexibility index (Phi) is 6.54. The quantitative estimate of drug-likeness (QED) is 0.788. The number of amides is 2. The lowest BCUT2D eigenvalue weighted by Crippen LogP contribution is -2.50. The Balaban J connectivity index is 1.68. The predicted octanol–water partition coefficient (Wildman–Crippen LogP) is 3.54. The minimum Gasteiger partial charge on any atom is -0.396 e. The minimum absolute atomic E-state index is 0.0465. The van der Waals surface area contributed by atoms with Crippen molar-refractivity contribution in [1.29, 1.82) is 0 Å². The summed E-state index contributed by atoms with van der Waals surface area (Å²) in [4.78, 5) is 14.3. The molecule has 2 rings (SSSR count). The molecular weight excluding hydrogens is 276 g/mol. The van der Waals surface area contributed by atoms with Gasteiger partial charge in [0.25, 0.3) is 0 Å². The van der Waals surface area contributed by atoms with E-state index in [0.717, 1.165) is 44.7 Å². The molecule has 128 valence electrons. The number of urea groups is 1. The van der Waals surface area contributed by atoms with Gasteiger partial charge in [-0.05, 0) is 50.4 Å². The molecule has 0 radical (unpaired) electrons. The molecule has 1 saturated heterocycles. The molecule has 0 bridgehead atoms. The molecule has 0 aromatic rings. The van der Waals surface area contributed by atoms with Gasteiger partial charge in [-0.15, -0.1) is 0 Å². The molecule has 4 nitrogen and oxygen atoms in total. The zero-order valence-electron chi connectivity index (χ0n) is 14.4. The van der Waals surface area contributed by atoms with Crippen molar-refractivity contribution >= 4 is 6.03 Å². The maximum absolute atomic E-state index is 12.3. The van der Waals surface area contributed by atoms with Crippen LogP contribution in [0.25, 0.3) is 0 Å². The van der Waals surface area contributed by atoms with E-state index in [1.807, 2.05) is 4.90 Å².